The molecule has 0 atom stereocenters. The van der Waals surface area contributed by atoms with Crippen molar-refractivity contribution in [3.05, 3.63) is 101 Å². The van der Waals surface area contributed by atoms with Crippen molar-refractivity contribution < 1.29 is 22.4 Å². The van der Waals surface area contributed by atoms with Gasteiger partial charge in [-0.2, -0.15) is 18.3 Å². The fraction of sp³-hybridized carbons (Fsp3) is 0.207. The third kappa shape index (κ3) is 4.89. The van der Waals surface area contributed by atoms with E-state index >= 15 is 0 Å². The highest BCUT2D eigenvalue weighted by Gasteiger charge is 2.36. The van der Waals surface area contributed by atoms with Crippen LogP contribution < -0.4 is 0 Å². The molecule has 1 amide bonds. The van der Waals surface area contributed by atoms with E-state index in [2.05, 4.69) is 15.0 Å². The molecule has 5 aromatic rings. The topological polar surface area (TPSA) is 53.7 Å². The quantitative estimate of drug-likeness (QED) is 0.239. The Morgan fingerprint density at radius 1 is 0.950 bits per heavy atom. The number of piperazine rings is 1. The summed E-state index contributed by atoms with van der Waals surface area (Å²) in [6.07, 6.45) is -3.57. The maximum Gasteiger partial charge on any atom is 0.433 e. The molecule has 3 aromatic carbocycles. The van der Waals surface area contributed by atoms with Crippen molar-refractivity contribution in [1.29, 1.82) is 0 Å². The Morgan fingerprint density at radius 3 is 2.45 bits per heavy atom. The molecule has 0 spiro atoms. The highest BCUT2D eigenvalue weighted by atomic mass is 35.5. The number of carbonyl (C=O) groups excluding carboxylic acids is 1. The van der Waals surface area contributed by atoms with E-state index in [-0.39, 0.29) is 16.9 Å². The maximum absolute atomic E-state index is 14.1. The first-order valence-corrected chi connectivity index (χ1v) is 13.0. The molecule has 11 heteroatoms. The molecule has 3 heterocycles. The fourth-order valence-corrected chi connectivity index (χ4v) is 5.30. The number of halogens is 5. The average Bonchev–Trinajstić information content (AvgIpc) is 3.37. The molecule has 0 bridgehead atoms. The normalized spacial score (nSPS) is 14.8. The standard InChI is InChI=1S/C29H22ClF4N5O/c30-24-14-20(31)9-8-19(24)17-37-10-12-38(13-11-37)28(40)23-16-35-39-26(29(32,33)34)15-25(36-27(23)39)22-7-3-5-18-4-1-2-6-21(18)22/h1-9,14-16H,10-13,17H2. The Kier molecular flexibility index (Phi) is 6.67. The van der Waals surface area contributed by atoms with Crippen molar-refractivity contribution >= 4 is 33.9 Å². The van der Waals surface area contributed by atoms with Crippen LogP contribution in [-0.2, 0) is 12.7 Å². The fourth-order valence-electron chi connectivity index (χ4n) is 5.07. The number of alkyl halides is 3. The Hall–Kier alpha value is -4.02. The van der Waals surface area contributed by atoms with E-state index < -0.39 is 23.6 Å². The summed E-state index contributed by atoms with van der Waals surface area (Å²) in [5, 5.41) is 5.86. The molecular formula is C29H22ClF4N5O. The predicted molar refractivity (Wildman–Crippen MR) is 144 cm³/mol. The van der Waals surface area contributed by atoms with Gasteiger partial charge in [-0.25, -0.2) is 13.9 Å². The van der Waals surface area contributed by atoms with Crippen LogP contribution in [0.1, 0.15) is 21.6 Å². The van der Waals surface area contributed by atoms with Gasteiger partial charge >= 0.3 is 6.18 Å². The molecule has 2 aromatic heterocycles. The summed E-state index contributed by atoms with van der Waals surface area (Å²) >= 11 is 6.16. The number of carbonyl (C=O) groups is 1. The van der Waals surface area contributed by atoms with Crippen LogP contribution in [0.25, 0.3) is 27.7 Å². The zero-order valence-electron chi connectivity index (χ0n) is 21.0. The van der Waals surface area contributed by atoms with Gasteiger partial charge in [-0.15, -0.1) is 0 Å². The van der Waals surface area contributed by atoms with E-state index in [1.807, 2.05) is 30.3 Å². The van der Waals surface area contributed by atoms with Crippen LogP contribution in [0.15, 0.2) is 72.9 Å². The number of aromatic nitrogens is 3. The molecule has 204 valence electrons. The molecule has 1 aliphatic heterocycles. The SMILES string of the molecule is O=C(c1cnn2c(C(F)(F)F)cc(-c3cccc4ccccc34)nc12)N1CCN(Cc2ccc(F)cc2Cl)CC1. The summed E-state index contributed by atoms with van der Waals surface area (Å²) in [5.41, 5.74) is 0.243. The average molecular weight is 568 g/mol. The van der Waals surface area contributed by atoms with Crippen LogP contribution in [0, 0.1) is 5.82 Å². The van der Waals surface area contributed by atoms with Crippen molar-refractivity contribution in [2.45, 2.75) is 12.7 Å². The van der Waals surface area contributed by atoms with E-state index in [0.29, 0.717) is 47.8 Å². The molecule has 6 rings (SSSR count). The van der Waals surface area contributed by atoms with Gasteiger partial charge in [-0.3, -0.25) is 9.69 Å². The Bertz CT molecular complexity index is 1740. The van der Waals surface area contributed by atoms with Gasteiger partial charge in [0.2, 0.25) is 0 Å². The van der Waals surface area contributed by atoms with Crippen molar-refractivity contribution in [3.8, 4) is 11.3 Å². The lowest BCUT2D eigenvalue weighted by molar-refractivity contribution is -0.142. The summed E-state index contributed by atoms with van der Waals surface area (Å²) in [5.74, 6) is -0.853. The highest BCUT2D eigenvalue weighted by molar-refractivity contribution is 6.31. The van der Waals surface area contributed by atoms with Gasteiger partial charge in [0, 0.05) is 43.3 Å². The van der Waals surface area contributed by atoms with Gasteiger partial charge in [0.15, 0.2) is 11.3 Å². The van der Waals surface area contributed by atoms with E-state index in [0.717, 1.165) is 28.6 Å². The number of rotatable bonds is 4. The van der Waals surface area contributed by atoms with Gasteiger partial charge in [0.05, 0.1) is 11.9 Å². The van der Waals surface area contributed by atoms with Gasteiger partial charge < -0.3 is 4.90 Å². The molecule has 0 unspecified atom stereocenters. The summed E-state index contributed by atoms with van der Waals surface area (Å²) in [7, 11) is 0. The minimum absolute atomic E-state index is 0.00242. The van der Waals surface area contributed by atoms with Crippen molar-refractivity contribution in [1.82, 2.24) is 24.4 Å². The van der Waals surface area contributed by atoms with Gasteiger partial charge in [-0.1, -0.05) is 60.1 Å². The predicted octanol–water partition coefficient (Wildman–Crippen LogP) is 6.32. The number of amides is 1. The zero-order valence-corrected chi connectivity index (χ0v) is 21.8. The second-order valence-electron chi connectivity index (χ2n) is 9.65. The van der Waals surface area contributed by atoms with Gasteiger partial charge in [0.25, 0.3) is 5.91 Å². The molecule has 0 N–H and O–H groups in total. The lowest BCUT2D eigenvalue weighted by Gasteiger charge is -2.34. The highest BCUT2D eigenvalue weighted by Crippen LogP contribution is 2.35. The minimum atomic E-state index is -4.72. The summed E-state index contributed by atoms with van der Waals surface area (Å²) in [6.45, 7) is 2.22. The largest absolute Gasteiger partial charge is 0.433 e. The lowest BCUT2D eigenvalue weighted by atomic mass is 10.0. The molecule has 6 nitrogen and oxygen atoms in total. The molecule has 1 fully saturated rings. The Labute approximate surface area is 231 Å². The van der Waals surface area contributed by atoms with E-state index in [4.69, 9.17) is 11.6 Å². The number of nitrogens with zero attached hydrogens (tertiary/aromatic N) is 5. The first kappa shape index (κ1) is 26.2. The Morgan fingerprint density at radius 2 is 1.70 bits per heavy atom. The number of hydrogen-bond acceptors (Lipinski definition) is 4. The maximum atomic E-state index is 14.1. The van der Waals surface area contributed by atoms with Gasteiger partial charge in [-0.05, 0) is 34.5 Å². The van der Waals surface area contributed by atoms with E-state index in [9.17, 15) is 22.4 Å². The van der Waals surface area contributed by atoms with Crippen LogP contribution in [0.5, 0.6) is 0 Å². The van der Waals surface area contributed by atoms with E-state index in [1.54, 1.807) is 23.1 Å². The third-order valence-electron chi connectivity index (χ3n) is 7.13. The molecule has 0 aliphatic carbocycles. The minimum Gasteiger partial charge on any atom is -0.336 e. The van der Waals surface area contributed by atoms with Crippen molar-refractivity contribution in [2.24, 2.45) is 0 Å². The number of benzene rings is 3. The molecule has 1 saturated heterocycles. The van der Waals surface area contributed by atoms with Crippen LogP contribution in [0.4, 0.5) is 17.6 Å². The van der Waals surface area contributed by atoms with Crippen LogP contribution in [-0.4, -0.2) is 56.5 Å². The van der Waals surface area contributed by atoms with Gasteiger partial charge in [0.1, 0.15) is 11.4 Å². The van der Waals surface area contributed by atoms with Crippen LogP contribution in [0.2, 0.25) is 5.02 Å². The Balaban J connectivity index is 1.31. The summed E-state index contributed by atoms with van der Waals surface area (Å²) in [4.78, 5) is 21.7. The molecule has 40 heavy (non-hydrogen) atoms. The lowest BCUT2D eigenvalue weighted by Crippen LogP contribution is -2.48. The zero-order chi connectivity index (χ0) is 28.0. The monoisotopic (exact) mass is 567 g/mol. The molecule has 0 saturated carbocycles. The first-order valence-electron chi connectivity index (χ1n) is 12.6. The second-order valence-corrected chi connectivity index (χ2v) is 10.1. The molecular weight excluding hydrogens is 546 g/mol. The summed E-state index contributed by atoms with van der Waals surface area (Å²) in [6, 6.07) is 17.9. The number of fused-ring (bicyclic) bond motifs is 2. The van der Waals surface area contributed by atoms with E-state index in [1.165, 1.54) is 12.1 Å². The van der Waals surface area contributed by atoms with Crippen molar-refractivity contribution in [2.75, 3.05) is 26.2 Å². The second kappa shape index (κ2) is 10.2. The van der Waals surface area contributed by atoms with Crippen LogP contribution in [0.3, 0.4) is 0 Å². The first-order chi connectivity index (χ1) is 19.2. The van der Waals surface area contributed by atoms with Crippen molar-refractivity contribution in [3.63, 3.8) is 0 Å². The third-order valence-corrected chi connectivity index (χ3v) is 7.48. The molecule has 1 aliphatic rings. The summed E-state index contributed by atoms with van der Waals surface area (Å²) < 4.78 is 56.5. The molecule has 0 radical (unpaired) electrons. The number of hydrogen-bond donors (Lipinski definition) is 0. The smallest absolute Gasteiger partial charge is 0.336 e. The van der Waals surface area contributed by atoms with Crippen LogP contribution >= 0.6 is 11.6 Å².